The molecule has 2 fully saturated rings. The van der Waals surface area contributed by atoms with Crippen molar-refractivity contribution < 1.29 is 13.9 Å². The third-order valence-corrected chi connectivity index (χ3v) is 7.16. The van der Waals surface area contributed by atoms with Crippen molar-refractivity contribution >= 4 is 5.91 Å². The molecule has 7 nitrogen and oxygen atoms in total. The van der Waals surface area contributed by atoms with Crippen LogP contribution in [0.15, 0.2) is 52.9 Å². The number of hydrogen-bond donors (Lipinski definition) is 1. The number of nitrogens with zero attached hydrogens (tertiary/aromatic N) is 3. The zero-order valence-corrected chi connectivity index (χ0v) is 19.8. The van der Waals surface area contributed by atoms with Gasteiger partial charge >= 0.3 is 0 Å². The molecule has 3 aromatic rings. The first kappa shape index (κ1) is 22.7. The van der Waals surface area contributed by atoms with Crippen LogP contribution in [0.5, 0.6) is 0 Å². The van der Waals surface area contributed by atoms with Crippen LogP contribution >= 0.6 is 0 Å². The molecule has 1 aliphatic carbocycles. The Labute approximate surface area is 200 Å². The molecule has 178 valence electrons. The molecular weight excluding hydrogens is 428 g/mol. The third-order valence-electron chi connectivity index (χ3n) is 7.16. The standard InChI is InChI=1S/C27H32N4O3/c1-20-5-7-22(8-6-20)25-29-30-26(34-25)23-11-9-21(10-12-23)24(32)28-19-27(13-3-2-4-14-27)31-15-17-33-18-16-31/h5-12H,2-4,13-19H2,1H3,(H,28,32). The van der Waals surface area contributed by atoms with Crippen LogP contribution in [-0.4, -0.2) is 59.4 Å². The van der Waals surface area contributed by atoms with Crippen LogP contribution in [-0.2, 0) is 4.74 Å². The van der Waals surface area contributed by atoms with Crippen molar-refractivity contribution in [2.45, 2.75) is 44.6 Å². The molecule has 0 unspecified atom stereocenters. The molecule has 0 bridgehead atoms. The Balaban J connectivity index is 1.24. The highest BCUT2D eigenvalue weighted by Gasteiger charge is 2.38. The number of benzene rings is 2. The van der Waals surface area contributed by atoms with E-state index in [1.165, 1.54) is 24.8 Å². The minimum Gasteiger partial charge on any atom is -0.416 e. The van der Waals surface area contributed by atoms with E-state index in [1.54, 1.807) is 0 Å². The lowest BCUT2D eigenvalue weighted by molar-refractivity contribution is -0.0361. The largest absolute Gasteiger partial charge is 0.416 e. The number of morpholine rings is 1. The van der Waals surface area contributed by atoms with Gasteiger partial charge < -0.3 is 14.5 Å². The predicted octanol–water partition coefficient (Wildman–Crippen LogP) is 4.48. The number of nitrogens with one attached hydrogen (secondary N) is 1. The fraction of sp³-hybridized carbons (Fsp3) is 0.444. The lowest BCUT2D eigenvalue weighted by Crippen LogP contribution is -2.59. The van der Waals surface area contributed by atoms with Gasteiger partial charge in [-0.2, -0.15) is 0 Å². The average Bonchev–Trinajstić information content (AvgIpc) is 3.39. The fourth-order valence-electron chi connectivity index (χ4n) is 5.12. The summed E-state index contributed by atoms with van der Waals surface area (Å²) in [6, 6.07) is 15.3. The second-order valence-electron chi connectivity index (χ2n) is 9.42. The number of hydrogen-bond acceptors (Lipinski definition) is 6. The fourth-order valence-corrected chi connectivity index (χ4v) is 5.12. The first-order chi connectivity index (χ1) is 16.6. The van der Waals surface area contributed by atoms with E-state index < -0.39 is 0 Å². The summed E-state index contributed by atoms with van der Waals surface area (Å²) < 4.78 is 11.4. The second-order valence-corrected chi connectivity index (χ2v) is 9.42. The quantitative estimate of drug-likeness (QED) is 0.584. The summed E-state index contributed by atoms with van der Waals surface area (Å²) in [6.07, 6.45) is 5.98. The van der Waals surface area contributed by atoms with Gasteiger partial charge in [0.1, 0.15) is 0 Å². The number of aromatic nitrogens is 2. The zero-order valence-electron chi connectivity index (χ0n) is 19.8. The van der Waals surface area contributed by atoms with Crippen LogP contribution in [0.2, 0.25) is 0 Å². The molecule has 1 N–H and O–H groups in total. The number of rotatable bonds is 6. The Morgan fingerprint density at radius 2 is 1.50 bits per heavy atom. The number of carbonyl (C=O) groups excluding carboxylic acids is 1. The van der Waals surface area contributed by atoms with Crippen molar-refractivity contribution in [1.29, 1.82) is 0 Å². The van der Waals surface area contributed by atoms with E-state index in [0.717, 1.165) is 50.3 Å². The van der Waals surface area contributed by atoms with Crippen LogP contribution in [0.1, 0.15) is 48.0 Å². The first-order valence-electron chi connectivity index (χ1n) is 12.2. The van der Waals surface area contributed by atoms with E-state index in [9.17, 15) is 4.79 Å². The van der Waals surface area contributed by atoms with Crippen LogP contribution in [0.25, 0.3) is 22.9 Å². The molecule has 1 aromatic heterocycles. The summed E-state index contributed by atoms with van der Waals surface area (Å²) in [7, 11) is 0. The highest BCUT2D eigenvalue weighted by Crippen LogP contribution is 2.34. The van der Waals surface area contributed by atoms with Gasteiger partial charge in [0, 0.05) is 41.9 Å². The first-order valence-corrected chi connectivity index (χ1v) is 12.2. The Morgan fingerprint density at radius 1 is 0.912 bits per heavy atom. The Morgan fingerprint density at radius 3 is 2.12 bits per heavy atom. The van der Waals surface area contributed by atoms with Crippen LogP contribution < -0.4 is 5.32 Å². The van der Waals surface area contributed by atoms with Gasteiger partial charge in [-0.25, -0.2) is 0 Å². The summed E-state index contributed by atoms with van der Waals surface area (Å²) in [5.74, 6) is 0.879. The van der Waals surface area contributed by atoms with Crippen molar-refractivity contribution in [1.82, 2.24) is 20.4 Å². The Kier molecular flexibility index (Phi) is 6.74. The van der Waals surface area contributed by atoms with Crippen LogP contribution in [0.4, 0.5) is 0 Å². The summed E-state index contributed by atoms with van der Waals surface area (Å²) in [5.41, 5.74) is 3.54. The van der Waals surface area contributed by atoms with Gasteiger partial charge in [-0.05, 0) is 56.2 Å². The normalized spacial score (nSPS) is 18.5. The molecule has 0 radical (unpaired) electrons. The molecule has 5 rings (SSSR count). The molecule has 0 spiro atoms. The summed E-state index contributed by atoms with van der Waals surface area (Å²) >= 11 is 0. The van der Waals surface area contributed by atoms with Crippen LogP contribution in [0, 0.1) is 6.92 Å². The molecule has 0 atom stereocenters. The topological polar surface area (TPSA) is 80.5 Å². The summed E-state index contributed by atoms with van der Waals surface area (Å²) in [4.78, 5) is 15.5. The molecule has 1 amide bonds. The van der Waals surface area contributed by atoms with E-state index in [4.69, 9.17) is 9.15 Å². The highest BCUT2D eigenvalue weighted by atomic mass is 16.5. The van der Waals surface area contributed by atoms with Crippen molar-refractivity contribution in [2.75, 3.05) is 32.8 Å². The number of carbonyl (C=O) groups is 1. The third kappa shape index (κ3) is 4.91. The van der Waals surface area contributed by atoms with Gasteiger partial charge in [-0.15, -0.1) is 10.2 Å². The molecule has 1 saturated heterocycles. The number of amides is 1. The predicted molar refractivity (Wildman–Crippen MR) is 130 cm³/mol. The van der Waals surface area contributed by atoms with E-state index in [1.807, 2.05) is 55.5 Å². The van der Waals surface area contributed by atoms with Crippen molar-refractivity contribution in [2.24, 2.45) is 0 Å². The Bertz CT molecular complexity index is 1100. The van der Waals surface area contributed by atoms with Gasteiger partial charge in [0.2, 0.25) is 11.8 Å². The lowest BCUT2D eigenvalue weighted by atomic mass is 9.79. The van der Waals surface area contributed by atoms with E-state index >= 15 is 0 Å². The minimum absolute atomic E-state index is 0.0457. The van der Waals surface area contributed by atoms with Gasteiger partial charge in [0.05, 0.1) is 13.2 Å². The lowest BCUT2D eigenvalue weighted by Gasteiger charge is -2.48. The molecular formula is C27H32N4O3. The molecule has 2 aliphatic rings. The van der Waals surface area contributed by atoms with E-state index in [2.05, 4.69) is 20.4 Å². The average molecular weight is 461 g/mol. The molecule has 1 aliphatic heterocycles. The number of aryl methyl sites for hydroxylation is 1. The minimum atomic E-state index is -0.0457. The Hall–Kier alpha value is -3.03. The van der Waals surface area contributed by atoms with Gasteiger partial charge in [0.15, 0.2) is 0 Å². The van der Waals surface area contributed by atoms with Gasteiger partial charge in [0.25, 0.3) is 5.91 Å². The van der Waals surface area contributed by atoms with Gasteiger partial charge in [-0.3, -0.25) is 9.69 Å². The number of ether oxygens (including phenoxy) is 1. The molecule has 1 saturated carbocycles. The van der Waals surface area contributed by atoms with Crippen LogP contribution in [0.3, 0.4) is 0 Å². The van der Waals surface area contributed by atoms with E-state index in [-0.39, 0.29) is 11.4 Å². The van der Waals surface area contributed by atoms with Crippen molar-refractivity contribution in [3.8, 4) is 22.9 Å². The van der Waals surface area contributed by atoms with Crippen molar-refractivity contribution in [3.05, 3.63) is 59.7 Å². The summed E-state index contributed by atoms with van der Waals surface area (Å²) in [6.45, 7) is 6.16. The smallest absolute Gasteiger partial charge is 0.251 e. The monoisotopic (exact) mass is 460 g/mol. The maximum atomic E-state index is 13.0. The zero-order chi connectivity index (χ0) is 23.4. The maximum Gasteiger partial charge on any atom is 0.251 e. The molecule has 2 aromatic carbocycles. The molecule has 2 heterocycles. The maximum absolute atomic E-state index is 13.0. The second kappa shape index (κ2) is 10.1. The van der Waals surface area contributed by atoms with Gasteiger partial charge in [-0.1, -0.05) is 37.0 Å². The summed E-state index contributed by atoms with van der Waals surface area (Å²) in [5, 5.41) is 11.6. The molecule has 34 heavy (non-hydrogen) atoms. The van der Waals surface area contributed by atoms with E-state index in [0.29, 0.717) is 23.9 Å². The van der Waals surface area contributed by atoms with Crippen molar-refractivity contribution in [3.63, 3.8) is 0 Å². The SMILES string of the molecule is Cc1ccc(-c2nnc(-c3ccc(C(=O)NCC4(N5CCOCC5)CCCCC4)cc3)o2)cc1. The molecule has 7 heteroatoms. The highest BCUT2D eigenvalue weighted by molar-refractivity contribution is 5.94.